The van der Waals surface area contributed by atoms with Gasteiger partial charge in [0.2, 0.25) is 15.8 Å². The second-order valence-corrected chi connectivity index (χ2v) is 7.96. The molecular formula is C17H19N5O3S. The van der Waals surface area contributed by atoms with Gasteiger partial charge >= 0.3 is 0 Å². The topological polar surface area (TPSA) is 90.2 Å². The molecule has 0 spiro atoms. The minimum absolute atomic E-state index is 0.230. The number of tetrazole rings is 1. The average molecular weight is 373 g/mol. The fourth-order valence-corrected chi connectivity index (χ4v) is 3.34. The second-order valence-electron chi connectivity index (χ2n) is 5.81. The molecule has 0 atom stereocenters. The number of sulfonamides is 1. The van der Waals surface area contributed by atoms with Crippen LogP contribution in [-0.4, -0.2) is 54.1 Å². The van der Waals surface area contributed by atoms with Gasteiger partial charge in [-0.25, -0.2) is 12.7 Å². The van der Waals surface area contributed by atoms with Crippen molar-refractivity contribution in [2.75, 3.05) is 21.2 Å². The summed E-state index contributed by atoms with van der Waals surface area (Å²) in [5, 5.41) is 12.5. The van der Waals surface area contributed by atoms with Gasteiger partial charge in [-0.2, -0.15) is 4.80 Å². The SMILES string of the molecule is COc1cccc(-c2nnn(Cc3cccc(S(=O)(=O)N(C)C)c3)n2)c1. The van der Waals surface area contributed by atoms with Crippen LogP contribution in [0.1, 0.15) is 5.56 Å². The molecule has 0 radical (unpaired) electrons. The smallest absolute Gasteiger partial charge is 0.242 e. The van der Waals surface area contributed by atoms with Gasteiger partial charge in [0.1, 0.15) is 5.75 Å². The van der Waals surface area contributed by atoms with Gasteiger partial charge in [0.25, 0.3) is 0 Å². The van der Waals surface area contributed by atoms with Gasteiger partial charge in [0, 0.05) is 19.7 Å². The standard InChI is InChI=1S/C17H19N5O3S/c1-21(2)26(23,24)16-9-4-6-13(10-16)12-22-19-17(18-20-22)14-7-5-8-15(11-14)25-3/h4-11H,12H2,1-3H3. The summed E-state index contributed by atoms with van der Waals surface area (Å²) in [6.07, 6.45) is 0. The number of methoxy groups -OCH3 is 1. The van der Waals surface area contributed by atoms with Crippen molar-refractivity contribution in [2.45, 2.75) is 11.4 Å². The first-order chi connectivity index (χ1) is 12.4. The lowest BCUT2D eigenvalue weighted by Gasteiger charge is -2.12. The first-order valence-corrected chi connectivity index (χ1v) is 9.28. The van der Waals surface area contributed by atoms with Crippen LogP contribution in [0.5, 0.6) is 5.75 Å². The van der Waals surface area contributed by atoms with Crippen LogP contribution < -0.4 is 4.74 Å². The van der Waals surface area contributed by atoms with Crippen LogP contribution >= 0.6 is 0 Å². The van der Waals surface area contributed by atoms with E-state index in [9.17, 15) is 8.42 Å². The Balaban J connectivity index is 1.84. The first kappa shape index (κ1) is 18.0. The number of aromatic nitrogens is 4. The monoisotopic (exact) mass is 373 g/mol. The predicted molar refractivity (Wildman–Crippen MR) is 96.2 cm³/mol. The van der Waals surface area contributed by atoms with Crippen molar-refractivity contribution in [3.8, 4) is 17.1 Å². The number of rotatable bonds is 6. The van der Waals surface area contributed by atoms with Gasteiger partial charge < -0.3 is 4.74 Å². The third kappa shape index (κ3) is 3.73. The van der Waals surface area contributed by atoms with E-state index in [-0.39, 0.29) is 4.90 Å². The van der Waals surface area contributed by atoms with Gasteiger partial charge in [-0.1, -0.05) is 24.3 Å². The van der Waals surface area contributed by atoms with Crippen molar-refractivity contribution in [3.63, 3.8) is 0 Å². The van der Waals surface area contributed by atoms with E-state index in [1.165, 1.54) is 23.2 Å². The number of ether oxygens (including phenoxy) is 1. The molecule has 26 heavy (non-hydrogen) atoms. The third-order valence-corrected chi connectivity index (χ3v) is 5.59. The van der Waals surface area contributed by atoms with Crippen LogP contribution in [0.25, 0.3) is 11.4 Å². The lowest BCUT2D eigenvalue weighted by Crippen LogP contribution is -2.22. The van der Waals surface area contributed by atoms with Gasteiger partial charge in [-0.05, 0) is 35.0 Å². The van der Waals surface area contributed by atoms with Gasteiger partial charge in [-0.15, -0.1) is 10.2 Å². The minimum atomic E-state index is -3.48. The van der Waals surface area contributed by atoms with E-state index < -0.39 is 10.0 Å². The molecule has 0 aliphatic rings. The van der Waals surface area contributed by atoms with Crippen LogP contribution in [0.15, 0.2) is 53.4 Å². The van der Waals surface area contributed by atoms with Crippen molar-refractivity contribution in [1.29, 1.82) is 0 Å². The zero-order chi connectivity index (χ0) is 18.7. The Morgan fingerprint density at radius 1 is 1.12 bits per heavy atom. The summed E-state index contributed by atoms with van der Waals surface area (Å²) in [5.74, 6) is 1.18. The molecule has 0 unspecified atom stereocenters. The predicted octanol–water partition coefficient (Wildman–Crippen LogP) is 1.65. The molecule has 0 saturated carbocycles. The van der Waals surface area contributed by atoms with Crippen LogP contribution in [0.2, 0.25) is 0 Å². The van der Waals surface area contributed by atoms with Crippen LogP contribution in [0.4, 0.5) is 0 Å². The summed E-state index contributed by atoms with van der Waals surface area (Å²) < 4.78 is 30.9. The molecular weight excluding hydrogens is 354 g/mol. The number of hydrogen-bond donors (Lipinski definition) is 0. The van der Waals surface area contributed by atoms with E-state index in [0.29, 0.717) is 18.1 Å². The molecule has 0 amide bonds. The molecule has 3 rings (SSSR count). The number of benzene rings is 2. The number of hydrogen-bond acceptors (Lipinski definition) is 6. The third-order valence-electron chi connectivity index (χ3n) is 3.78. The highest BCUT2D eigenvalue weighted by Crippen LogP contribution is 2.20. The zero-order valence-corrected chi connectivity index (χ0v) is 15.5. The van der Waals surface area contributed by atoms with Crippen LogP contribution in [-0.2, 0) is 16.6 Å². The molecule has 0 saturated heterocycles. The maximum absolute atomic E-state index is 12.2. The molecule has 1 aromatic heterocycles. The highest BCUT2D eigenvalue weighted by Gasteiger charge is 2.17. The summed E-state index contributed by atoms with van der Waals surface area (Å²) in [4.78, 5) is 1.66. The molecule has 136 valence electrons. The van der Waals surface area contributed by atoms with Crippen molar-refractivity contribution in [3.05, 3.63) is 54.1 Å². The Morgan fingerprint density at radius 3 is 2.62 bits per heavy atom. The largest absolute Gasteiger partial charge is 0.497 e. The molecule has 3 aromatic rings. The molecule has 0 fully saturated rings. The maximum Gasteiger partial charge on any atom is 0.242 e. The van der Waals surface area contributed by atoms with Crippen molar-refractivity contribution < 1.29 is 13.2 Å². The zero-order valence-electron chi connectivity index (χ0n) is 14.7. The fourth-order valence-electron chi connectivity index (χ4n) is 2.37. The van der Waals surface area contributed by atoms with E-state index in [1.54, 1.807) is 25.3 Å². The van der Waals surface area contributed by atoms with Crippen molar-refractivity contribution >= 4 is 10.0 Å². The Labute approximate surface area is 152 Å². The first-order valence-electron chi connectivity index (χ1n) is 7.84. The molecule has 2 aromatic carbocycles. The van der Waals surface area contributed by atoms with E-state index >= 15 is 0 Å². The molecule has 9 heteroatoms. The molecule has 0 N–H and O–H groups in total. The summed E-state index contributed by atoms with van der Waals surface area (Å²) >= 11 is 0. The quantitative estimate of drug-likeness (QED) is 0.653. The van der Waals surface area contributed by atoms with E-state index in [0.717, 1.165) is 11.1 Å². The van der Waals surface area contributed by atoms with Gasteiger partial charge in [-0.3, -0.25) is 0 Å². The molecule has 0 aliphatic heterocycles. The highest BCUT2D eigenvalue weighted by atomic mass is 32.2. The Morgan fingerprint density at radius 2 is 1.88 bits per heavy atom. The van der Waals surface area contributed by atoms with E-state index in [1.807, 2.05) is 30.3 Å². The molecule has 0 aliphatic carbocycles. The van der Waals surface area contributed by atoms with E-state index in [2.05, 4.69) is 15.4 Å². The summed E-state index contributed by atoms with van der Waals surface area (Å²) in [6.45, 7) is 0.313. The summed E-state index contributed by atoms with van der Waals surface area (Å²) in [5.41, 5.74) is 1.56. The molecule has 8 nitrogen and oxygen atoms in total. The lowest BCUT2D eigenvalue weighted by atomic mass is 10.2. The molecule has 1 heterocycles. The minimum Gasteiger partial charge on any atom is -0.497 e. The summed E-state index contributed by atoms with van der Waals surface area (Å²) in [6, 6.07) is 14.1. The van der Waals surface area contributed by atoms with Crippen molar-refractivity contribution in [2.24, 2.45) is 0 Å². The lowest BCUT2D eigenvalue weighted by molar-refractivity contribution is 0.415. The Kier molecular flexibility index (Phi) is 5.01. The Bertz CT molecular complexity index is 1010. The van der Waals surface area contributed by atoms with Crippen molar-refractivity contribution in [1.82, 2.24) is 24.5 Å². The van der Waals surface area contributed by atoms with Crippen LogP contribution in [0.3, 0.4) is 0 Å². The highest BCUT2D eigenvalue weighted by molar-refractivity contribution is 7.89. The normalized spacial score (nSPS) is 11.7. The van der Waals surface area contributed by atoms with Crippen LogP contribution in [0, 0.1) is 0 Å². The van der Waals surface area contributed by atoms with Gasteiger partial charge in [0.05, 0.1) is 18.6 Å². The maximum atomic E-state index is 12.2. The van der Waals surface area contributed by atoms with Gasteiger partial charge in [0.15, 0.2) is 0 Å². The average Bonchev–Trinajstić information content (AvgIpc) is 3.10. The fraction of sp³-hybridized carbons (Fsp3) is 0.235. The summed E-state index contributed by atoms with van der Waals surface area (Å²) in [7, 11) is 1.11. The number of nitrogens with zero attached hydrogens (tertiary/aromatic N) is 5. The second kappa shape index (κ2) is 7.22. The molecule has 0 bridgehead atoms. The van der Waals surface area contributed by atoms with E-state index in [4.69, 9.17) is 4.74 Å². The Hall–Kier alpha value is -2.78.